The number of aromatic nitrogens is 8. The van der Waals surface area contributed by atoms with Gasteiger partial charge in [0.15, 0.2) is 0 Å². The monoisotopic (exact) mass is 955 g/mol. The van der Waals surface area contributed by atoms with Gasteiger partial charge in [0.05, 0.1) is 45.6 Å². The van der Waals surface area contributed by atoms with Crippen LogP contribution in [-0.2, 0) is 25.7 Å². The molecule has 0 aromatic carbocycles. The minimum absolute atomic E-state index is 0.877. The molecule has 10 rings (SSSR count). The summed E-state index contributed by atoms with van der Waals surface area (Å²) < 4.78 is 0. The Balaban J connectivity index is 1.26. The summed E-state index contributed by atoms with van der Waals surface area (Å²) in [5.41, 5.74) is 23.3. The number of unbranched alkanes of at least 4 members (excludes halogenated alkanes) is 12. The standard InChI is InChI=1S/C64H74N8/c1-5-9-13-17-21-48-53-30-25-43(65-53)40-46-28-33-57(68-46)51(24-20-16-12-8-4)63-42-52(62(72-63)41-47-29-34-54(48)69-47)64-60-37-35-58(70-60)49(22-18-14-10-6-2)55-31-26-44(66-55)39-45-27-32-56(67-45)50(23-19-15-11-7-3)59-36-38-61(64)71-59/h25-42,65-68H,5-24H2,1-4H3. The number of aromatic amines is 4. The van der Waals surface area contributed by atoms with Crippen LogP contribution in [0.15, 0.2) is 66.7 Å². The van der Waals surface area contributed by atoms with E-state index in [0.717, 1.165) is 152 Å². The van der Waals surface area contributed by atoms with Crippen LogP contribution in [0.4, 0.5) is 0 Å². The van der Waals surface area contributed by atoms with Gasteiger partial charge in [-0.05, 0) is 161 Å². The molecule has 4 N–H and O–H groups in total. The van der Waals surface area contributed by atoms with Crippen LogP contribution in [0.2, 0.25) is 0 Å². The van der Waals surface area contributed by atoms with Crippen LogP contribution in [0.1, 0.15) is 204 Å². The molecular weight excluding hydrogens is 881 g/mol. The fourth-order valence-electron chi connectivity index (χ4n) is 11.0. The molecule has 0 amide bonds. The number of nitrogens with one attached hydrogen (secondary N) is 4. The van der Waals surface area contributed by atoms with E-state index in [4.69, 9.17) is 19.9 Å². The Morgan fingerprint density at radius 2 is 0.694 bits per heavy atom. The summed E-state index contributed by atoms with van der Waals surface area (Å²) in [5, 5.41) is 0. The van der Waals surface area contributed by atoms with Crippen molar-refractivity contribution in [1.82, 2.24) is 39.9 Å². The lowest BCUT2D eigenvalue weighted by Crippen LogP contribution is -1.97. The molecule has 0 atom stereocenters. The minimum Gasteiger partial charge on any atom is -0.355 e. The third kappa shape index (κ3) is 11.1. The van der Waals surface area contributed by atoms with Gasteiger partial charge in [0.25, 0.3) is 0 Å². The van der Waals surface area contributed by atoms with Crippen LogP contribution >= 0.6 is 0 Å². The quantitative estimate of drug-likeness (QED) is 0.0537. The van der Waals surface area contributed by atoms with Crippen molar-refractivity contribution < 1.29 is 0 Å². The molecule has 0 saturated carbocycles. The zero-order chi connectivity index (χ0) is 49.2. The van der Waals surface area contributed by atoms with E-state index in [-0.39, 0.29) is 0 Å². The van der Waals surface area contributed by atoms with Crippen LogP contribution in [0.25, 0.3) is 92.2 Å². The van der Waals surface area contributed by atoms with Crippen LogP contribution in [0.3, 0.4) is 0 Å². The lowest BCUT2D eigenvalue weighted by Gasteiger charge is -2.07. The van der Waals surface area contributed by atoms with Crippen molar-refractivity contribution in [1.29, 1.82) is 0 Å². The zero-order valence-electron chi connectivity index (χ0n) is 43.3. The Bertz CT molecular complexity index is 3270. The summed E-state index contributed by atoms with van der Waals surface area (Å²) in [7, 11) is 0. The van der Waals surface area contributed by atoms with Crippen LogP contribution in [0.5, 0.6) is 0 Å². The third-order valence-electron chi connectivity index (χ3n) is 14.9. The molecule has 4 aliphatic rings. The molecule has 6 aromatic rings. The Morgan fingerprint density at radius 3 is 1.10 bits per heavy atom. The van der Waals surface area contributed by atoms with Gasteiger partial charge in [-0.25, -0.2) is 19.9 Å². The lowest BCUT2D eigenvalue weighted by atomic mass is 9.98. The number of fused-ring (bicyclic) bond motifs is 16. The van der Waals surface area contributed by atoms with E-state index in [1.165, 1.54) is 99.3 Å². The number of hydrogen-bond acceptors (Lipinski definition) is 4. The molecule has 0 unspecified atom stereocenters. The molecule has 0 aliphatic carbocycles. The third-order valence-corrected chi connectivity index (χ3v) is 14.9. The average Bonchev–Trinajstić information content (AvgIpc) is 4.24. The van der Waals surface area contributed by atoms with Crippen molar-refractivity contribution >= 4 is 92.2 Å². The average molecular weight is 955 g/mol. The Labute approximate surface area is 426 Å². The second-order valence-electron chi connectivity index (χ2n) is 20.4. The Kier molecular flexibility index (Phi) is 15.7. The van der Waals surface area contributed by atoms with Gasteiger partial charge >= 0.3 is 0 Å². The lowest BCUT2D eigenvalue weighted by molar-refractivity contribution is 0.667. The molecule has 10 heterocycles. The van der Waals surface area contributed by atoms with Gasteiger partial charge in [-0.2, -0.15) is 0 Å². The molecule has 8 nitrogen and oxygen atoms in total. The van der Waals surface area contributed by atoms with E-state index in [9.17, 15) is 0 Å². The summed E-state index contributed by atoms with van der Waals surface area (Å²) in [6, 6.07) is 24.4. The van der Waals surface area contributed by atoms with E-state index in [1.54, 1.807) is 0 Å². The zero-order valence-corrected chi connectivity index (χ0v) is 43.3. The van der Waals surface area contributed by atoms with Gasteiger partial charge in [-0.1, -0.05) is 105 Å². The first kappa shape index (κ1) is 48.8. The Morgan fingerprint density at radius 1 is 0.333 bits per heavy atom. The minimum atomic E-state index is 0.877. The van der Waals surface area contributed by atoms with E-state index in [0.29, 0.717) is 0 Å². The van der Waals surface area contributed by atoms with Crippen molar-refractivity contribution in [2.24, 2.45) is 0 Å². The fourth-order valence-corrected chi connectivity index (χ4v) is 11.0. The van der Waals surface area contributed by atoms with E-state index in [2.05, 4.69) is 157 Å². The summed E-state index contributed by atoms with van der Waals surface area (Å²) in [6.07, 6.45) is 38.2. The molecule has 0 saturated heterocycles. The number of H-pyrrole nitrogens is 4. The predicted molar refractivity (Wildman–Crippen MR) is 307 cm³/mol. The number of hydrogen-bond donors (Lipinski definition) is 4. The molecular formula is C64H74N8. The topological polar surface area (TPSA) is 115 Å². The highest BCUT2D eigenvalue weighted by atomic mass is 14.8. The molecule has 0 radical (unpaired) electrons. The summed E-state index contributed by atoms with van der Waals surface area (Å²) in [4.78, 5) is 37.6. The second-order valence-corrected chi connectivity index (χ2v) is 20.4. The van der Waals surface area contributed by atoms with Gasteiger partial charge in [0.1, 0.15) is 0 Å². The van der Waals surface area contributed by atoms with Gasteiger partial charge in [0.2, 0.25) is 0 Å². The van der Waals surface area contributed by atoms with E-state index >= 15 is 0 Å². The number of rotatable bonds is 21. The molecule has 4 aliphatic heterocycles. The molecule has 0 fully saturated rings. The van der Waals surface area contributed by atoms with Crippen molar-refractivity contribution in [2.45, 2.75) is 156 Å². The second kappa shape index (κ2) is 23.2. The van der Waals surface area contributed by atoms with Gasteiger partial charge in [-0.3, -0.25) is 0 Å². The first-order chi connectivity index (χ1) is 35.5. The van der Waals surface area contributed by atoms with Crippen molar-refractivity contribution in [3.8, 4) is 0 Å². The maximum Gasteiger partial charge on any atom is 0.0739 e. The van der Waals surface area contributed by atoms with Crippen molar-refractivity contribution in [2.75, 3.05) is 0 Å². The molecule has 16 bridgehead atoms. The predicted octanol–water partition coefficient (Wildman–Crippen LogP) is 17.5. The fraction of sp³-hybridized carbons (Fsp3) is 0.375. The highest BCUT2D eigenvalue weighted by molar-refractivity contribution is 6.00. The highest BCUT2D eigenvalue weighted by Crippen LogP contribution is 2.38. The summed E-state index contributed by atoms with van der Waals surface area (Å²) in [6.45, 7) is 9.12. The van der Waals surface area contributed by atoms with Gasteiger partial charge in [0, 0.05) is 77.5 Å². The molecule has 8 heteroatoms. The smallest absolute Gasteiger partial charge is 0.0739 e. The SMILES string of the molecule is CCCCCCc1c2nc(cc3nc(c(CCCCCC)c4ccc(cc5ccc1[nH]5)[nH]4)C=C3c1c3nc(c(CCCCCC)c4ccc(cc5ccc([nH]5)c(CCCCCC)c5nc1C=C5)[nH]4)C=C3)C=C2. The van der Waals surface area contributed by atoms with Gasteiger partial charge < -0.3 is 19.9 Å². The molecule has 0 spiro atoms. The van der Waals surface area contributed by atoms with Crippen LogP contribution < -0.4 is 0 Å². The van der Waals surface area contributed by atoms with E-state index in [1.807, 2.05) is 0 Å². The molecule has 6 aromatic heterocycles. The highest BCUT2D eigenvalue weighted by Gasteiger charge is 2.25. The van der Waals surface area contributed by atoms with E-state index < -0.39 is 0 Å². The van der Waals surface area contributed by atoms with Crippen LogP contribution in [0, 0.1) is 0 Å². The maximum atomic E-state index is 5.68. The Hall–Kier alpha value is -6.80. The van der Waals surface area contributed by atoms with Crippen molar-refractivity contribution in [3.63, 3.8) is 0 Å². The molecule has 370 valence electrons. The maximum absolute atomic E-state index is 5.68. The first-order valence-electron chi connectivity index (χ1n) is 27.7. The summed E-state index contributed by atoms with van der Waals surface area (Å²) >= 11 is 0. The largest absolute Gasteiger partial charge is 0.355 e. The normalized spacial score (nSPS) is 12.9. The number of aryl methyl sites for hydroxylation is 4. The van der Waals surface area contributed by atoms with Gasteiger partial charge in [-0.15, -0.1) is 0 Å². The number of nitrogens with zero attached hydrogens (tertiary/aromatic N) is 4. The molecule has 72 heavy (non-hydrogen) atoms. The summed E-state index contributed by atoms with van der Waals surface area (Å²) in [5.74, 6) is 0. The first-order valence-corrected chi connectivity index (χ1v) is 27.7. The van der Waals surface area contributed by atoms with Crippen LogP contribution in [-0.4, -0.2) is 39.9 Å². The van der Waals surface area contributed by atoms with Crippen molar-refractivity contribution in [3.05, 3.63) is 140 Å².